The Balaban J connectivity index is 2.74. The van der Waals surface area contributed by atoms with Crippen molar-refractivity contribution in [1.82, 2.24) is 5.32 Å². The summed E-state index contributed by atoms with van der Waals surface area (Å²) in [6, 6.07) is 0.447. The van der Waals surface area contributed by atoms with E-state index in [4.69, 9.17) is 0 Å². The van der Waals surface area contributed by atoms with Crippen molar-refractivity contribution in [1.29, 1.82) is 0 Å². The third-order valence-corrected chi connectivity index (χ3v) is 1.27. The Hall–Kier alpha value is -0.790. The lowest BCUT2D eigenvalue weighted by molar-refractivity contribution is 0.775. The minimum absolute atomic E-state index is 0.447. The number of nitrogens with zero attached hydrogens (tertiary/aromatic N) is 1. The van der Waals surface area contributed by atoms with Crippen LogP contribution in [0.25, 0.3) is 0 Å². The first-order valence-corrected chi connectivity index (χ1v) is 3.19. The molecule has 2 heteroatoms. The highest BCUT2D eigenvalue weighted by Gasteiger charge is 2.03. The molecule has 0 spiro atoms. The van der Waals surface area contributed by atoms with Crippen molar-refractivity contribution < 1.29 is 0 Å². The molecule has 1 atom stereocenters. The number of nitrogens with one attached hydrogen (secondary N) is 1. The fourth-order valence-electron chi connectivity index (χ4n) is 1.07. The van der Waals surface area contributed by atoms with Gasteiger partial charge in [-0.15, -0.1) is 0 Å². The second-order valence-corrected chi connectivity index (χ2v) is 2.44. The maximum absolute atomic E-state index is 4.20. The number of amidine groups is 1. The summed E-state index contributed by atoms with van der Waals surface area (Å²) in [5.74, 6) is 1.02. The van der Waals surface area contributed by atoms with Crippen molar-refractivity contribution in [2.24, 2.45) is 4.99 Å². The predicted molar refractivity (Wildman–Crippen MR) is 39.5 cm³/mol. The predicted octanol–water partition coefficient (Wildman–Crippen LogP) is 1.30. The zero-order valence-corrected chi connectivity index (χ0v) is 6.10. The lowest BCUT2D eigenvalue weighted by Crippen LogP contribution is -2.31. The zero-order valence-electron chi connectivity index (χ0n) is 6.10. The molecule has 1 rings (SSSR count). The van der Waals surface area contributed by atoms with Crippen LogP contribution >= 0.6 is 0 Å². The van der Waals surface area contributed by atoms with E-state index >= 15 is 0 Å². The first kappa shape index (κ1) is 6.33. The van der Waals surface area contributed by atoms with Crippen LogP contribution in [0.4, 0.5) is 0 Å². The summed E-state index contributed by atoms with van der Waals surface area (Å²) < 4.78 is 0. The van der Waals surface area contributed by atoms with Crippen molar-refractivity contribution in [3.05, 3.63) is 11.8 Å². The van der Waals surface area contributed by atoms with Gasteiger partial charge in [-0.2, -0.15) is 0 Å². The Labute approximate surface area is 55.7 Å². The lowest BCUT2D eigenvalue weighted by Gasteiger charge is -2.15. The van der Waals surface area contributed by atoms with Gasteiger partial charge in [0, 0.05) is 11.7 Å². The van der Waals surface area contributed by atoms with Crippen molar-refractivity contribution in [3.8, 4) is 0 Å². The fraction of sp³-hybridized carbons (Fsp3) is 0.571. The van der Waals surface area contributed by atoms with E-state index in [0.717, 1.165) is 11.5 Å². The Kier molecular flexibility index (Phi) is 1.56. The van der Waals surface area contributed by atoms with Gasteiger partial charge in [-0.1, -0.05) is 0 Å². The second-order valence-electron chi connectivity index (χ2n) is 2.44. The van der Waals surface area contributed by atoms with E-state index in [1.807, 2.05) is 13.8 Å². The molecule has 0 aliphatic carbocycles. The van der Waals surface area contributed by atoms with Crippen LogP contribution < -0.4 is 5.32 Å². The van der Waals surface area contributed by atoms with E-state index in [-0.39, 0.29) is 0 Å². The molecule has 0 aromatic rings. The highest BCUT2D eigenvalue weighted by Crippen LogP contribution is 2.02. The third-order valence-electron chi connectivity index (χ3n) is 1.27. The summed E-state index contributed by atoms with van der Waals surface area (Å²) in [6.07, 6.45) is 2.10. The smallest absolute Gasteiger partial charge is 0.0991 e. The molecular formula is C7H12N2. The van der Waals surface area contributed by atoms with Crippen LogP contribution in [0.15, 0.2) is 16.8 Å². The largest absolute Gasteiger partial charge is 0.368 e. The maximum Gasteiger partial charge on any atom is 0.0991 e. The highest BCUT2D eigenvalue weighted by molar-refractivity contribution is 5.81. The van der Waals surface area contributed by atoms with Gasteiger partial charge in [0.15, 0.2) is 0 Å². The zero-order chi connectivity index (χ0) is 6.85. The van der Waals surface area contributed by atoms with Gasteiger partial charge < -0.3 is 5.32 Å². The number of rotatable bonds is 0. The first-order chi connectivity index (χ1) is 4.18. The van der Waals surface area contributed by atoms with Crippen LogP contribution in [-0.2, 0) is 0 Å². The van der Waals surface area contributed by atoms with Gasteiger partial charge in [0.2, 0.25) is 0 Å². The molecule has 1 heterocycles. The minimum atomic E-state index is 0.447. The van der Waals surface area contributed by atoms with Crippen molar-refractivity contribution in [3.63, 3.8) is 0 Å². The van der Waals surface area contributed by atoms with E-state index in [9.17, 15) is 0 Å². The fourth-order valence-corrected chi connectivity index (χ4v) is 1.07. The first-order valence-electron chi connectivity index (χ1n) is 3.19. The van der Waals surface area contributed by atoms with Crippen LogP contribution in [0.5, 0.6) is 0 Å². The molecule has 1 aliphatic rings. The number of allylic oxidation sites excluding steroid dienone is 1. The van der Waals surface area contributed by atoms with Gasteiger partial charge in [0.25, 0.3) is 0 Å². The van der Waals surface area contributed by atoms with Gasteiger partial charge in [-0.25, -0.2) is 4.99 Å². The van der Waals surface area contributed by atoms with Crippen LogP contribution in [0, 0.1) is 0 Å². The highest BCUT2D eigenvalue weighted by atomic mass is 15.0. The Morgan fingerprint density at radius 3 is 2.67 bits per heavy atom. The standard InChI is InChI=1S/C7H12N2/c1-5-4-6(2)9-7(3)8-5/h4-5H,1-3H3,(H,8,9). The van der Waals surface area contributed by atoms with Gasteiger partial charge in [0.05, 0.1) is 5.84 Å². The number of aliphatic imine (C=N–C) groups is 1. The minimum Gasteiger partial charge on any atom is -0.368 e. The summed E-state index contributed by atoms with van der Waals surface area (Å²) >= 11 is 0. The van der Waals surface area contributed by atoms with Crippen molar-refractivity contribution >= 4 is 5.84 Å². The normalized spacial score (nSPS) is 26.3. The average molecular weight is 124 g/mol. The molecule has 9 heavy (non-hydrogen) atoms. The molecular weight excluding hydrogens is 112 g/mol. The molecule has 0 aromatic carbocycles. The average Bonchev–Trinajstić information content (AvgIpc) is 1.59. The second kappa shape index (κ2) is 2.21. The van der Waals surface area contributed by atoms with Gasteiger partial charge in [0.1, 0.15) is 0 Å². The van der Waals surface area contributed by atoms with E-state index < -0.39 is 0 Å². The molecule has 0 amide bonds. The van der Waals surface area contributed by atoms with Crippen LogP contribution in [0.3, 0.4) is 0 Å². The Bertz CT molecular complexity index is 168. The summed E-state index contributed by atoms with van der Waals surface area (Å²) in [5, 5.41) is 3.18. The molecule has 0 radical (unpaired) electrons. The van der Waals surface area contributed by atoms with Crippen molar-refractivity contribution in [2.45, 2.75) is 26.8 Å². The molecule has 0 bridgehead atoms. The molecule has 2 nitrogen and oxygen atoms in total. The molecule has 0 fully saturated rings. The molecule has 0 saturated heterocycles. The van der Waals surface area contributed by atoms with Crippen LogP contribution in [0.1, 0.15) is 20.8 Å². The van der Waals surface area contributed by atoms with E-state index in [0.29, 0.717) is 6.04 Å². The van der Waals surface area contributed by atoms with E-state index in [1.54, 1.807) is 0 Å². The van der Waals surface area contributed by atoms with Gasteiger partial charge in [-0.05, 0) is 26.8 Å². The summed E-state index contributed by atoms with van der Waals surface area (Å²) in [4.78, 5) is 4.20. The Morgan fingerprint density at radius 1 is 1.56 bits per heavy atom. The molecule has 0 aromatic heterocycles. The summed E-state index contributed by atoms with van der Waals surface area (Å²) in [7, 11) is 0. The molecule has 1 unspecified atom stereocenters. The topological polar surface area (TPSA) is 24.4 Å². The quantitative estimate of drug-likeness (QED) is 0.517. The molecule has 1 aliphatic heterocycles. The Morgan fingerprint density at radius 2 is 2.22 bits per heavy atom. The molecule has 50 valence electrons. The third kappa shape index (κ3) is 1.56. The SMILES string of the molecule is CC1=CC(C)NC(C)=N1. The van der Waals surface area contributed by atoms with Crippen LogP contribution in [0.2, 0.25) is 0 Å². The van der Waals surface area contributed by atoms with E-state index in [1.165, 1.54) is 0 Å². The van der Waals surface area contributed by atoms with E-state index in [2.05, 4.69) is 23.3 Å². The number of hydrogen-bond acceptors (Lipinski definition) is 2. The molecule has 0 saturated carbocycles. The summed E-state index contributed by atoms with van der Waals surface area (Å²) in [5.41, 5.74) is 1.11. The monoisotopic (exact) mass is 124 g/mol. The van der Waals surface area contributed by atoms with Crippen molar-refractivity contribution in [2.75, 3.05) is 0 Å². The number of hydrogen-bond donors (Lipinski definition) is 1. The van der Waals surface area contributed by atoms with Crippen LogP contribution in [-0.4, -0.2) is 11.9 Å². The van der Waals surface area contributed by atoms with Gasteiger partial charge >= 0.3 is 0 Å². The lowest BCUT2D eigenvalue weighted by atomic mass is 10.2. The molecule has 1 N–H and O–H groups in total. The summed E-state index contributed by atoms with van der Waals surface area (Å²) in [6.45, 7) is 6.11. The maximum atomic E-state index is 4.20. The van der Waals surface area contributed by atoms with Gasteiger partial charge in [-0.3, -0.25) is 0 Å².